The Hall–Kier alpha value is -3.74. The number of ether oxygens (including phenoxy) is 2. The van der Waals surface area contributed by atoms with Gasteiger partial charge in [-0.1, -0.05) is 23.4 Å². The monoisotopic (exact) mass is 432 g/mol. The molecule has 2 aliphatic rings. The van der Waals surface area contributed by atoms with Gasteiger partial charge in [-0.2, -0.15) is 0 Å². The van der Waals surface area contributed by atoms with Gasteiger partial charge in [0.1, 0.15) is 17.2 Å². The molecule has 2 N–H and O–H groups in total. The summed E-state index contributed by atoms with van der Waals surface area (Å²) in [6.45, 7) is 1.87. The van der Waals surface area contributed by atoms with E-state index in [0.29, 0.717) is 41.5 Å². The fourth-order valence-corrected chi connectivity index (χ4v) is 4.90. The predicted molar refractivity (Wildman–Crippen MR) is 118 cm³/mol. The SMILES string of the molecule is COc1ccc(OC)c([C@@H]2C3=C(C[C@@H](c4ccccc4O)CC3=O)Nc3onc(C)c32)c1. The van der Waals surface area contributed by atoms with Gasteiger partial charge >= 0.3 is 0 Å². The molecule has 1 aromatic heterocycles. The third-order valence-corrected chi connectivity index (χ3v) is 6.38. The minimum atomic E-state index is -0.393. The van der Waals surface area contributed by atoms with Crippen LogP contribution in [0, 0.1) is 6.92 Å². The second-order valence-electron chi connectivity index (χ2n) is 8.16. The number of phenols is 1. The van der Waals surface area contributed by atoms with Gasteiger partial charge < -0.3 is 24.4 Å². The van der Waals surface area contributed by atoms with Crippen molar-refractivity contribution in [1.82, 2.24) is 5.16 Å². The number of methoxy groups -OCH3 is 2. The summed E-state index contributed by atoms with van der Waals surface area (Å²) in [5, 5.41) is 17.8. The summed E-state index contributed by atoms with van der Waals surface area (Å²) in [7, 11) is 3.22. The van der Waals surface area contributed by atoms with Crippen LogP contribution in [0.25, 0.3) is 0 Å². The topological polar surface area (TPSA) is 93.8 Å². The minimum absolute atomic E-state index is 0.0214. The van der Waals surface area contributed by atoms with Gasteiger partial charge in [-0.05, 0) is 43.2 Å². The molecule has 1 aliphatic heterocycles. The summed E-state index contributed by atoms with van der Waals surface area (Å²) in [6, 6.07) is 12.8. The molecule has 0 saturated heterocycles. The van der Waals surface area contributed by atoms with Crippen LogP contribution in [0.1, 0.15) is 47.1 Å². The molecule has 32 heavy (non-hydrogen) atoms. The lowest BCUT2D eigenvalue weighted by Crippen LogP contribution is -2.29. The van der Waals surface area contributed by atoms with Crippen molar-refractivity contribution in [1.29, 1.82) is 0 Å². The molecule has 0 saturated carbocycles. The number of nitrogens with zero attached hydrogens (tertiary/aromatic N) is 1. The molecule has 2 aromatic carbocycles. The second-order valence-corrected chi connectivity index (χ2v) is 8.16. The van der Waals surface area contributed by atoms with Crippen LogP contribution in [0.3, 0.4) is 0 Å². The predicted octanol–water partition coefficient (Wildman–Crippen LogP) is 4.66. The highest BCUT2D eigenvalue weighted by Gasteiger charge is 2.42. The number of allylic oxidation sites excluding steroid dienone is 2. The molecule has 7 heteroatoms. The lowest BCUT2D eigenvalue weighted by atomic mass is 9.72. The van der Waals surface area contributed by atoms with Gasteiger partial charge in [-0.3, -0.25) is 4.79 Å². The van der Waals surface area contributed by atoms with Crippen molar-refractivity contribution in [3.63, 3.8) is 0 Å². The Labute approximate surface area is 185 Å². The number of hydrogen-bond donors (Lipinski definition) is 2. The normalized spacial score (nSPS) is 19.8. The molecule has 0 amide bonds. The molecule has 0 unspecified atom stereocenters. The van der Waals surface area contributed by atoms with Gasteiger partial charge in [0.15, 0.2) is 5.78 Å². The number of aromatic hydroxyl groups is 1. The smallest absolute Gasteiger partial charge is 0.233 e. The summed E-state index contributed by atoms with van der Waals surface area (Å²) >= 11 is 0. The van der Waals surface area contributed by atoms with Gasteiger partial charge in [0, 0.05) is 29.2 Å². The Kier molecular flexibility index (Phi) is 4.89. The zero-order chi connectivity index (χ0) is 22.4. The second kappa shape index (κ2) is 7.75. The van der Waals surface area contributed by atoms with Crippen molar-refractivity contribution in [2.75, 3.05) is 19.5 Å². The minimum Gasteiger partial charge on any atom is -0.508 e. The van der Waals surface area contributed by atoms with Crippen molar-refractivity contribution >= 4 is 11.7 Å². The van der Waals surface area contributed by atoms with Crippen molar-refractivity contribution in [2.45, 2.75) is 31.6 Å². The molecule has 2 heterocycles. The number of aromatic nitrogens is 1. The number of fused-ring (bicyclic) bond motifs is 1. The molecule has 2 atom stereocenters. The Bertz CT molecular complexity index is 1240. The van der Waals surface area contributed by atoms with Crippen LogP contribution < -0.4 is 14.8 Å². The van der Waals surface area contributed by atoms with Crippen molar-refractivity contribution in [2.24, 2.45) is 0 Å². The maximum atomic E-state index is 13.6. The number of phenolic OH excluding ortho intramolecular Hbond substituents is 1. The standard InChI is InChI=1S/C25H24N2O5/c1-13-22-23(17-12-15(30-2)8-9-21(17)31-3)24-18(26-25(22)32-27-13)10-14(11-20(24)29)16-6-4-5-7-19(16)28/h4-9,12,14,23,26,28H,10-11H2,1-3H3/t14-,23+/m1/s1. The number of ketones is 1. The Morgan fingerprint density at radius 2 is 1.91 bits per heavy atom. The van der Waals surface area contributed by atoms with Gasteiger partial charge in [0.25, 0.3) is 0 Å². The largest absolute Gasteiger partial charge is 0.508 e. The van der Waals surface area contributed by atoms with Crippen LogP contribution in [-0.2, 0) is 4.79 Å². The summed E-state index contributed by atoms with van der Waals surface area (Å²) < 4.78 is 16.7. The molecule has 7 nitrogen and oxygen atoms in total. The third-order valence-electron chi connectivity index (χ3n) is 6.38. The van der Waals surface area contributed by atoms with E-state index < -0.39 is 5.92 Å². The lowest BCUT2D eigenvalue weighted by Gasteiger charge is -2.35. The van der Waals surface area contributed by atoms with E-state index in [4.69, 9.17) is 14.0 Å². The summed E-state index contributed by atoms with van der Waals surface area (Å²) in [5.41, 5.74) is 4.59. The highest BCUT2D eigenvalue weighted by Crippen LogP contribution is 2.51. The van der Waals surface area contributed by atoms with Crippen LogP contribution in [0.4, 0.5) is 5.88 Å². The average molecular weight is 432 g/mol. The highest BCUT2D eigenvalue weighted by molar-refractivity contribution is 6.01. The Morgan fingerprint density at radius 1 is 1.09 bits per heavy atom. The fourth-order valence-electron chi connectivity index (χ4n) is 4.90. The number of nitrogens with one attached hydrogen (secondary N) is 1. The number of anilines is 1. The van der Waals surface area contributed by atoms with E-state index in [2.05, 4.69) is 10.5 Å². The first-order valence-corrected chi connectivity index (χ1v) is 10.5. The number of Topliss-reactive ketones (excluding diaryl/α,β-unsaturated/α-hetero) is 1. The van der Waals surface area contributed by atoms with Crippen LogP contribution in [0.5, 0.6) is 17.2 Å². The molecule has 0 fully saturated rings. The van der Waals surface area contributed by atoms with E-state index in [1.165, 1.54) is 0 Å². The molecule has 5 rings (SSSR count). The Balaban J connectivity index is 1.68. The van der Waals surface area contributed by atoms with Gasteiger partial charge in [-0.25, -0.2) is 0 Å². The number of hydrogen-bond acceptors (Lipinski definition) is 7. The number of carbonyl (C=O) groups excluding carboxylic acids is 1. The summed E-state index contributed by atoms with van der Waals surface area (Å²) in [6.07, 6.45) is 0.876. The van der Waals surface area contributed by atoms with Crippen LogP contribution in [0.2, 0.25) is 0 Å². The van der Waals surface area contributed by atoms with E-state index in [1.807, 2.05) is 37.3 Å². The van der Waals surface area contributed by atoms with Crippen molar-refractivity contribution in [3.05, 3.63) is 76.1 Å². The van der Waals surface area contributed by atoms with E-state index in [-0.39, 0.29) is 17.5 Å². The number of carbonyl (C=O) groups is 1. The van der Waals surface area contributed by atoms with Crippen LogP contribution in [-0.4, -0.2) is 30.3 Å². The third kappa shape index (κ3) is 3.12. The number of rotatable bonds is 4. The molecule has 0 spiro atoms. The number of aryl methyl sites for hydroxylation is 1. The molecular formula is C25H24N2O5. The van der Waals surface area contributed by atoms with Crippen molar-refractivity contribution < 1.29 is 23.9 Å². The first-order valence-electron chi connectivity index (χ1n) is 10.5. The van der Waals surface area contributed by atoms with Crippen LogP contribution >= 0.6 is 0 Å². The van der Waals surface area contributed by atoms with E-state index in [9.17, 15) is 9.90 Å². The van der Waals surface area contributed by atoms with Gasteiger partial charge in [0.2, 0.25) is 5.88 Å². The van der Waals surface area contributed by atoms with Crippen molar-refractivity contribution in [3.8, 4) is 17.2 Å². The zero-order valence-corrected chi connectivity index (χ0v) is 18.1. The van der Waals surface area contributed by atoms with Gasteiger partial charge in [-0.15, -0.1) is 0 Å². The molecule has 164 valence electrons. The lowest BCUT2D eigenvalue weighted by molar-refractivity contribution is -0.116. The quantitative estimate of drug-likeness (QED) is 0.619. The Morgan fingerprint density at radius 3 is 2.66 bits per heavy atom. The van der Waals surface area contributed by atoms with E-state index >= 15 is 0 Å². The molecular weight excluding hydrogens is 408 g/mol. The average Bonchev–Trinajstić information content (AvgIpc) is 3.17. The molecule has 1 aliphatic carbocycles. The highest BCUT2D eigenvalue weighted by atomic mass is 16.5. The summed E-state index contributed by atoms with van der Waals surface area (Å²) in [5.74, 6) is 1.56. The first kappa shape index (κ1) is 20.2. The van der Waals surface area contributed by atoms with Crippen LogP contribution in [0.15, 0.2) is 58.3 Å². The maximum absolute atomic E-state index is 13.6. The maximum Gasteiger partial charge on any atom is 0.233 e. The number of para-hydroxylation sites is 1. The van der Waals surface area contributed by atoms with E-state index in [0.717, 1.165) is 22.4 Å². The number of benzene rings is 2. The zero-order valence-electron chi connectivity index (χ0n) is 18.1. The molecule has 0 bridgehead atoms. The van der Waals surface area contributed by atoms with Gasteiger partial charge in [0.05, 0.1) is 31.4 Å². The molecule has 3 aromatic rings. The fraction of sp³-hybridized carbons (Fsp3) is 0.280. The van der Waals surface area contributed by atoms with E-state index in [1.54, 1.807) is 26.4 Å². The molecule has 0 radical (unpaired) electrons. The first-order chi connectivity index (χ1) is 15.5. The summed E-state index contributed by atoms with van der Waals surface area (Å²) in [4.78, 5) is 13.6.